The number of nitrogens with zero attached hydrogens (tertiary/aromatic N) is 2. The zero-order valence-electron chi connectivity index (χ0n) is 14.9. The van der Waals surface area contributed by atoms with Gasteiger partial charge in [0, 0.05) is 0 Å². The number of hydrogen-bond acceptors (Lipinski definition) is 5. The first-order chi connectivity index (χ1) is 12.6. The number of thioether (sulfide) groups is 1. The fourth-order valence-electron chi connectivity index (χ4n) is 2.77. The monoisotopic (exact) mass is 368 g/mol. The molecule has 0 radical (unpaired) electrons. The zero-order valence-corrected chi connectivity index (χ0v) is 15.7. The summed E-state index contributed by atoms with van der Waals surface area (Å²) in [4.78, 5) is 29.9. The lowest BCUT2D eigenvalue weighted by atomic mass is 10.2. The number of ether oxygens (including phenoxy) is 1. The van der Waals surface area contributed by atoms with Crippen LogP contribution in [0.3, 0.4) is 0 Å². The minimum Gasteiger partial charge on any atom is -0.468 e. The van der Waals surface area contributed by atoms with Crippen LogP contribution in [0.25, 0.3) is 16.6 Å². The summed E-state index contributed by atoms with van der Waals surface area (Å²) in [5.41, 5.74) is 2.19. The Labute approximate surface area is 156 Å². The van der Waals surface area contributed by atoms with Crippen LogP contribution >= 0.6 is 11.8 Å². The molecule has 3 rings (SSSR count). The van der Waals surface area contributed by atoms with Crippen molar-refractivity contribution in [2.75, 3.05) is 7.11 Å². The third kappa shape index (κ3) is 3.37. The molecule has 2 aromatic carbocycles. The van der Waals surface area contributed by atoms with Crippen LogP contribution in [0.1, 0.15) is 18.9 Å². The largest absolute Gasteiger partial charge is 0.468 e. The average Bonchev–Trinajstić information content (AvgIpc) is 2.66. The van der Waals surface area contributed by atoms with Gasteiger partial charge in [-0.1, -0.05) is 49.0 Å². The van der Waals surface area contributed by atoms with E-state index in [1.165, 1.54) is 18.9 Å². The van der Waals surface area contributed by atoms with Crippen molar-refractivity contribution < 1.29 is 9.53 Å². The number of benzene rings is 2. The molecule has 0 saturated heterocycles. The van der Waals surface area contributed by atoms with Gasteiger partial charge in [0.05, 0.1) is 23.7 Å². The lowest BCUT2D eigenvalue weighted by Gasteiger charge is -2.18. The smallest absolute Gasteiger partial charge is 0.319 e. The molecule has 0 bridgehead atoms. The SMILES string of the molecule is CC[C@H](Sc1nc2ccccc2c(=O)n1-c1ccccc1C)C(=O)OC. The van der Waals surface area contributed by atoms with E-state index in [9.17, 15) is 9.59 Å². The van der Waals surface area contributed by atoms with Crippen molar-refractivity contribution in [1.29, 1.82) is 0 Å². The minimum absolute atomic E-state index is 0.146. The number of rotatable bonds is 5. The van der Waals surface area contributed by atoms with Crippen molar-refractivity contribution in [1.82, 2.24) is 9.55 Å². The Balaban J connectivity index is 2.26. The lowest BCUT2D eigenvalue weighted by Crippen LogP contribution is -2.25. The highest BCUT2D eigenvalue weighted by atomic mass is 32.2. The van der Waals surface area contributed by atoms with Crippen molar-refractivity contribution in [3.05, 3.63) is 64.4 Å². The van der Waals surface area contributed by atoms with Crippen LogP contribution in [0, 0.1) is 6.92 Å². The van der Waals surface area contributed by atoms with Gasteiger partial charge in [-0.05, 0) is 37.1 Å². The fourth-order valence-corrected chi connectivity index (χ4v) is 3.83. The number of hydrogen-bond donors (Lipinski definition) is 0. The molecule has 134 valence electrons. The van der Waals surface area contributed by atoms with E-state index in [4.69, 9.17) is 4.74 Å². The molecule has 0 aliphatic heterocycles. The second kappa shape index (κ2) is 7.74. The Bertz CT molecular complexity index is 1010. The van der Waals surface area contributed by atoms with E-state index in [0.717, 1.165) is 11.3 Å². The highest BCUT2D eigenvalue weighted by Crippen LogP contribution is 2.28. The van der Waals surface area contributed by atoms with Crippen LogP contribution in [0.5, 0.6) is 0 Å². The predicted octanol–water partition coefficient (Wildman–Crippen LogP) is 3.74. The van der Waals surface area contributed by atoms with E-state index in [1.54, 1.807) is 10.6 Å². The molecular weight excluding hydrogens is 348 g/mol. The van der Waals surface area contributed by atoms with Crippen molar-refractivity contribution in [3.8, 4) is 5.69 Å². The van der Waals surface area contributed by atoms with Crippen LogP contribution in [0.4, 0.5) is 0 Å². The van der Waals surface area contributed by atoms with Crippen molar-refractivity contribution >= 4 is 28.6 Å². The highest BCUT2D eigenvalue weighted by molar-refractivity contribution is 8.00. The average molecular weight is 368 g/mol. The molecule has 0 unspecified atom stereocenters. The number of esters is 1. The van der Waals surface area contributed by atoms with Gasteiger partial charge in [-0.15, -0.1) is 0 Å². The van der Waals surface area contributed by atoms with Gasteiger partial charge in [-0.25, -0.2) is 4.98 Å². The Morgan fingerprint density at radius 1 is 1.19 bits per heavy atom. The molecular formula is C20H20N2O3S. The van der Waals surface area contributed by atoms with Crippen LogP contribution in [0.2, 0.25) is 0 Å². The predicted molar refractivity (Wildman–Crippen MR) is 104 cm³/mol. The molecule has 0 amide bonds. The second-order valence-electron chi connectivity index (χ2n) is 5.88. The number of carbonyl (C=O) groups is 1. The van der Waals surface area contributed by atoms with Gasteiger partial charge in [0.1, 0.15) is 5.25 Å². The molecule has 3 aromatic rings. The van der Waals surface area contributed by atoms with E-state index in [2.05, 4.69) is 4.98 Å². The number of para-hydroxylation sites is 2. The molecule has 1 heterocycles. The molecule has 0 fully saturated rings. The van der Waals surface area contributed by atoms with Crippen molar-refractivity contribution in [2.45, 2.75) is 30.7 Å². The highest BCUT2D eigenvalue weighted by Gasteiger charge is 2.23. The third-order valence-corrected chi connectivity index (χ3v) is 5.48. The molecule has 26 heavy (non-hydrogen) atoms. The molecule has 0 saturated carbocycles. The Morgan fingerprint density at radius 3 is 2.58 bits per heavy atom. The van der Waals surface area contributed by atoms with E-state index < -0.39 is 5.25 Å². The summed E-state index contributed by atoms with van der Waals surface area (Å²) in [6, 6.07) is 14.9. The maximum atomic E-state index is 13.2. The molecule has 6 heteroatoms. The van der Waals surface area contributed by atoms with Crippen molar-refractivity contribution in [3.63, 3.8) is 0 Å². The maximum Gasteiger partial charge on any atom is 0.319 e. The summed E-state index contributed by atoms with van der Waals surface area (Å²) in [7, 11) is 1.37. The van der Waals surface area contributed by atoms with E-state index >= 15 is 0 Å². The molecule has 0 aliphatic carbocycles. The molecule has 1 atom stereocenters. The number of methoxy groups -OCH3 is 1. The topological polar surface area (TPSA) is 61.2 Å². The van der Waals surface area contributed by atoms with Gasteiger partial charge in [0.25, 0.3) is 5.56 Å². The zero-order chi connectivity index (χ0) is 18.7. The third-order valence-electron chi connectivity index (χ3n) is 4.18. The molecule has 1 aromatic heterocycles. The van der Waals surface area contributed by atoms with Gasteiger partial charge in [-0.3, -0.25) is 14.2 Å². The summed E-state index contributed by atoms with van der Waals surface area (Å²) in [5.74, 6) is -0.323. The van der Waals surface area contributed by atoms with E-state index in [1.807, 2.05) is 56.3 Å². The first-order valence-corrected chi connectivity index (χ1v) is 9.27. The molecule has 0 aliphatic rings. The first-order valence-electron chi connectivity index (χ1n) is 8.39. The number of carbonyl (C=O) groups excluding carboxylic acids is 1. The number of aryl methyl sites for hydroxylation is 1. The Morgan fingerprint density at radius 2 is 1.88 bits per heavy atom. The van der Waals surface area contributed by atoms with Crippen LogP contribution in [-0.4, -0.2) is 27.9 Å². The van der Waals surface area contributed by atoms with Crippen LogP contribution in [0.15, 0.2) is 58.5 Å². The number of fused-ring (bicyclic) bond motifs is 1. The fraction of sp³-hybridized carbons (Fsp3) is 0.250. The quantitative estimate of drug-likeness (QED) is 0.390. The molecule has 5 nitrogen and oxygen atoms in total. The molecule has 0 N–H and O–H groups in total. The molecule has 0 spiro atoms. The summed E-state index contributed by atoms with van der Waals surface area (Å²) < 4.78 is 6.48. The van der Waals surface area contributed by atoms with E-state index in [-0.39, 0.29) is 11.5 Å². The standard InChI is InChI=1S/C20H20N2O3S/c1-4-17(19(24)25-3)26-20-21-15-11-7-6-10-14(15)18(23)22(20)16-12-8-5-9-13(16)2/h5-12,17H,4H2,1-3H3/t17-/m0/s1. The summed E-state index contributed by atoms with van der Waals surface area (Å²) in [6.45, 7) is 3.86. The Kier molecular flexibility index (Phi) is 5.42. The van der Waals surface area contributed by atoms with E-state index in [0.29, 0.717) is 22.5 Å². The van der Waals surface area contributed by atoms with Gasteiger partial charge in [-0.2, -0.15) is 0 Å². The Hall–Kier alpha value is -2.60. The lowest BCUT2D eigenvalue weighted by molar-refractivity contribution is -0.140. The van der Waals surface area contributed by atoms with Gasteiger partial charge < -0.3 is 4.74 Å². The minimum atomic E-state index is -0.427. The van der Waals surface area contributed by atoms with Crippen molar-refractivity contribution in [2.24, 2.45) is 0 Å². The van der Waals surface area contributed by atoms with Crippen LogP contribution < -0.4 is 5.56 Å². The van der Waals surface area contributed by atoms with Gasteiger partial charge in [0.15, 0.2) is 5.16 Å². The maximum absolute atomic E-state index is 13.2. The first kappa shape index (κ1) is 18.2. The van der Waals surface area contributed by atoms with Crippen LogP contribution in [-0.2, 0) is 9.53 Å². The summed E-state index contributed by atoms with van der Waals surface area (Å²) >= 11 is 1.26. The summed E-state index contributed by atoms with van der Waals surface area (Å²) in [6.07, 6.45) is 0.577. The summed E-state index contributed by atoms with van der Waals surface area (Å²) in [5, 5.41) is 0.606. The van der Waals surface area contributed by atoms with Gasteiger partial charge >= 0.3 is 5.97 Å². The normalized spacial score (nSPS) is 12.1. The second-order valence-corrected chi connectivity index (χ2v) is 7.05. The number of aromatic nitrogens is 2. The van der Waals surface area contributed by atoms with Gasteiger partial charge in [0.2, 0.25) is 0 Å².